The van der Waals surface area contributed by atoms with Crippen LogP contribution in [0.2, 0.25) is 10.0 Å². The summed E-state index contributed by atoms with van der Waals surface area (Å²) in [6.07, 6.45) is 8.11. The molecule has 0 fully saturated rings. The van der Waals surface area contributed by atoms with Crippen LogP contribution in [0.4, 0.5) is 0 Å². The molecule has 204 valence electrons. The van der Waals surface area contributed by atoms with Gasteiger partial charge in [-0.1, -0.05) is 89.4 Å². The molecule has 3 aromatic rings. The molecule has 0 heterocycles. The zero-order valence-electron chi connectivity index (χ0n) is 22.0. The van der Waals surface area contributed by atoms with E-state index in [0.29, 0.717) is 28.8 Å². The van der Waals surface area contributed by atoms with E-state index in [1.165, 1.54) is 18.4 Å². The fourth-order valence-electron chi connectivity index (χ4n) is 4.72. The summed E-state index contributed by atoms with van der Waals surface area (Å²) in [6, 6.07) is 23.3. The van der Waals surface area contributed by atoms with E-state index >= 15 is 0 Å². The molecule has 0 saturated heterocycles. The van der Waals surface area contributed by atoms with Crippen molar-refractivity contribution in [2.45, 2.75) is 51.1 Å². The van der Waals surface area contributed by atoms with Gasteiger partial charge in [0.2, 0.25) is 5.91 Å². The van der Waals surface area contributed by atoms with Crippen molar-refractivity contribution in [2.24, 2.45) is 0 Å². The molecule has 0 aliphatic heterocycles. The van der Waals surface area contributed by atoms with E-state index in [-0.39, 0.29) is 25.0 Å². The summed E-state index contributed by atoms with van der Waals surface area (Å²) >= 11 is 12.3. The largest absolute Gasteiger partial charge is 0.482 e. The van der Waals surface area contributed by atoms with Crippen molar-refractivity contribution in [3.8, 4) is 5.75 Å². The quantitative estimate of drug-likeness (QED) is 0.240. The zero-order chi connectivity index (χ0) is 27.5. The maximum Gasteiger partial charge on any atom is 0.261 e. The summed E-state index contributed by atoms with van der Waals surface area (Å²) in [5.41, 5.74) is 3.22. The molecule has 0 saturated carbocycles. The van der Waals surface area contributed by atoms with Crippen LogP contribution in [0.15, 0.2) is 90.5 Å². The second-order valence-electron chi connectivity index (χ2n) is 9.72. The highest BCUT2D eigenvalue weighted by Crippen LogP contribution is 2.24. The van der Waals surface area contributed by atoms with E-state index in [0.717, 1.165) is 30.4 Å². The Labute approximate surface area is 240 Å². The fraction of sp³-hybridized carbons (Fsp3) is 0.312. The lowest BCUT2D eigenvalue weighted by atomic mass is 9.97. The Morgan fingerprint density at radius 3 is 2.36 bits per heavy atom. The van der Waals surface area contributed by atoms with Crippen LogP contribution in [0.1, 0.15) is 43.2 Å². The molecule has 0 bridgehead atoms. The van der Waals surface area contributed by atoms with Crippen molar-refractivity contribution < 1.29 is 14.3 Å². The third kappa shape index (κ3) is 8.87. The lowest BCUT2D eigenvalue weighted by Gasteiger charge is -2.31. The molecule has 4 rings (SSSR count). The van der Waals surface area contributed by atoms with Gasteiger partial charge >= 0.3 is 0 Å². The van der Waals surface area contributed by atoms with Crippen LogP contribution in [-0.4, -0.2) is 35.9 Å². The average molecular weight is 566 g/mol. The van der Waals surface area contributed by atoms with E-state index in [2.05, 4.69) is 11.4 Å². The molecule has 5 nitrogen and oxygen atoms in total. The lowest BCUT2D eigenvalue weighted by molar-refractivity contribution is -0.142. The summed E-state index contributed by atoms with van der Waals surface area (Å²) in [5, 5.41) is 4.13. The van der Waals surface area contributed by atoms with Crippen LogP contribution in [0.25, 0.3) is 0 Å². The van der Waals surface area contributed by atoms with Gasteiger partial charge in [-0.2, -0.15) is 0 Å². The van der Waals surface area contributed by atoms with Gasteiger partial charge in [-0.05, 0) is 67.5 Å². The molecule has 1 aliphatic rings. The number of carbonyl (C=O) groups excluding carboxylic acids is 2. The molecule has 2 amide bonds. The molecule has 0 spiro atoms. The van der Waals surface area contributed by atoms with Gasteiger partial charge in [0.25, 0.3) is 5.91 Å². The molecule has 0 unspecified atom stereocenters. The second kappa shape index (κ2) is 14.8. The Kier molecular flexibility index (Phi) is 10.9. The van der Waals surface area contributed by atoms with Gasteiger partial charge in [-0.15, -0.1) is 0 Å². The molecule has 1 aliphatic carbocycles. The highest BCUT2D eigenvalue weighted by atomic mass is 35.5. The lowest BCUT2D eigenvalue weighted by Crippen LogP contribution is -2.51. The van der Waals surface area contributed by atoms with Crippen LogP contribution in [0, 0.1) is 0 Å². The molecule has 1 atom stereocenters. The second-order valence-corrected chi connectivity index (χ2v) is 10.6. The van der Waals surface area contributed by atoms with Gasteiger partial charge in [0, 0.05) is 24.5 Å². The van der Waals surface area contributed by atoms with Crippen LogP contribution >= 0.6 is 23.2 Å². The van der Waals surface area contributed by atoms with Crippen molar-refractivity contribution in [3.63, 3.8) is 0 Å². The van der Waals surface area contributed by atoms with E-state index < -0.39 is 6.04 Å². The number of benzene rings is 3. The minimum absolute atomic E-state index is 0.185. The Bertz CT molecular complexity index is 1260. The minimum Gasteiger partial charge on any atom is -0.482 e. The van der Waals surface area contributed by atoms with E-state index in [9.17, 15) is 9.59 Å². The maximum absolute atomic E-state index is 13.7. The molecule has 7 heteroatoms. The third-order valence-electron chi connectivity index (χ3n) is 6.86. The molecule has 0 aromatic heterocycles. The highest BCUT2D eigenvalue weighted by molar-refractivity contribution is 6.32. The smallest absolute Gasteiger partial charge is 0.261 e. The Morgan fingerprint density at radius 1 is 0.897 bits per heavy atom. The van der Waals surface area contributed by atoms with Crippen LogP contribution in [0.5, 0.6) is 5.75 Å². The van der Waals surface area contributed by atoms with Crippen LogP contribution < -0.4 is 10.1 Å². The van der Waals surface area contributed by atoms with Gasteiger partial charge < -0.3 is 15.0 Å². The number of allylic oxidation sites excluding steroid dienone is 1. The summed E-state index contributed by atoms with van der Waals surface area (Å²) in [7, 11) is 0. The van der Waals surface area contributed by atoms with Crippen molar-refractivity contribution >= 4 is 35.0 Å². The molecular formula is C32H34Cl2N2O3. The number of para-hydroxylation sites is 1. The number of amides is 2. The first-order valence-corrected chi connectivity index (χ1v) is 14.2. The Hall–Kier alpha value is -3.28. The minimum atomic E-state index is -0.731. The first kappa shape index (κ1) is 28.7. The molecule has 3 aromatic carbocycles. The van der Waals surface area contributed by atoms with Crippen LogP contribution in [0.3, 0.4) is 0 Å². The van der Waals surface area contributed by atoms with Gasteiger partial charge in [0.05, 0.1) is 5.02 Å². The van der Waals surface area contributed by atoms with Crippen molar-refractivity contribution in [3.05, 3.63) is 112 Å². The number of nitrogens with one attached hydrogen (secondary N) is 1. The van der Waals surface area contributed by atoms with Crippen molar-refractivity contribution in [1.82, 2.24) is 10.2 Å². The van der Waals surface area contributed by atoms with Gasteiger partial charge in [0.15, 0.2) is 6.61 Å². The van der Waals surface area contributed by atoms with Crippen LogP contribution in [-0.2, 0) is 22.6 Å². The summed E-state index contributed by atoms with van der Waals surface area (Å²) in [6.45, 7) is 0.524. The number of rotatable bonds is 12. The first-order chi connectivity index (χ1) is 19.0. The summed E-state index contributed by atoms with van der Waals surface area (Å²) in [4.78, 5) is 29.0. The average Bonchev–Trinajstić information content (AvgIpc) is 2.96. The molecule has 39 heavy (non-hydrogen) atoms. The molecule has 0 radical (unpaired) electrons. The summed E-state index contributed by atoms with van der Waals surface area (Å²) in [5.74, 6) is -0.0740. The highest BCUT2D eigenvalue weighted by Gasteiger charge is 2.30. The monoisotopic (exact) mass is 564 g/mol. The number of hydrogen-bond donors (Lipinski definition) is 1. The van der Waals surface area contributed by atoms with Gasteiger partial charge in [-0.25, -0.2) is 0 Å². The van der Waals surface area contributed by atoms with Crippen molar-refractivity contribution in [1.29, 1.82) is 0 Å². The number of hydrogen-bond acceptors (Lipinski definition) is 3. The first-order valence-electron chi connectivity index (χ1n) is 13.4. The summed E-state index contributed by atoms with van der Waals surface area (Å²) < 4.78 is 5.79. The Morgan fingerprint density at radius 2 is 1.64 bits per heavy atom. The topological polar surface area (TPSA) is 58.6 Å². The predicted octanol–water partition coefficient (Wildman–Crippen LogP) is 7.02. The predicted molar refractivity (Wildman–Crippen MR) is 157 cm³/mol. The van der Waals surface area contributed by atoms with E-state index in [1.807, 2.05) is 42.5 Å². The molecule has 1 N–H and O–H groups in total. The van der Waals surface area contributed by atoms with Gasteiger partial charge in [0.1, 0.15) is 11.8 Å². The van der Waals surface area contributed by atoms with E-state index in [4.69, 9.17) is 27.9 Å². The molecular weight excluding hydrogens is 531 g/mol. The Balaban J connectivity index is 1.56. The zero-order valence-corrected chi connectivity index (χ0v) is 23.5. The fourth-order valence-corrected chi connectivity index (χ4v) is 5.04. The van der Waals surface area contributed by atoms with Crippen molar-refractivity contribution in [2.75, 3.05) is 13.2 Å². The van der Waals surface area contributed by atoms with Gasteiger partial charge in [-0.3, -0.25) is 9.59 Å². The standard InChI is InChI=1S/C32H34Cl2N2O3/c33-27-17-15-26(16-18-27)22-36(31(37)23-39-30-14-8-7-13-28(30)34)29(21-25-11-5-2-6-12-25)32(38)35-20-19-24-9-3-1-4-10-24/h2,5-9,11-18,29H,1,3-4,10,19-23H2,(H,35,38)/t29-/m1/s1. The SMILES string of the molecule is O=C(NCCC1=CCCCC1)[C@@H](Cc1ccccc1)N(Cc1ccc(Cl)cc1)C(=O)COc1ccccc1Cl. The number of ether oxygens (including phenoxy) is 1. The number of halogens is 2. The number of carbonyl (C=O) groups is 2. The van der Waals surface area contributed by atoms with E-state index in [1.54, 1.807) is 41.3 Å². The maximum atomic E-state index is 13.7. The third-order valence-corrected chi connectivity index (χ3v) is 7.42. The normalized spacial score (nSPS) is 13.7. The number of nitrogens with zero attached hydrogens (tertiary/aromatic N) is 1.